The molecule has 1 N–H and O–H groups in total. The third-order valence-corrected chi connectivity index (χ3v) is 5.44. The number of fused-ring (bicyclic) bond motifs is 1. The van der Waals surface area contributed by atoms with Crippen LogP contribution in [0.1, 0.15) is 37.3 Å². The van der Waals surface area contributed by atoms with E-state index in [9.17, 15) is 9.90 Å². The van der Waals surface area contributed by atoms with Crippen LogP contribution < -0.4 is 0 Å². The van der Waals surface area contributed by atoms with Crippen molar-refractivity contribution in [3.05, 3.63) is 29.3 Å². The molecule has 1 fully saturated rings. The lowest BCUT2D eigenvalue weighted by atomic mass is 9.95. The summed E-state index contributed by atoms with van der Waals surface area (Å²) in [4.78, 5) is 15.3. The van der Waals surface area contributed by atoms with Gasteiger partial charge in [-0.3, -0.25) is 4.79 Å². The Labute approximate surface area is 130 Å². The molecule has 1 aromatic rings. The highest BCUT2D eigenvalue weighted by molar-refractivity contribution is 8.00. The van der Waals surface area contributed by atoms with E-state index < -0.39 is 5.60 Å². The number of aliphatic hydroxyl groups is 1. The minimum atomic E-state index is -0.716. The Balaban J connectivity index is 1.56. The number of β-amino-alcohol motifs (C(OH)–C–C–N with tert-alkyl or cyclic N) is 1. The Kier molecular flexibility index (Phi) is 4.27. The fraction of sp³-hybridized carbons (Fsp3) is 0.588. The van der Waals surface area contributed by atoms with E-state index in [0.29, 0.717) is 12.3 Å². The molecule has 3 rings (SSSR count). The zero-order chi connectivity index (χ0) is 14.9. The van der Waals surface area contributed by atoms with E-state index >= 15 is 0 Å². The van der Waals surface area contributed by atoms with Crippen LogP contribution in [0.4, 0.5) is 0 Å². The largest absolute Gasteiger partial charge is 0.388 e. The molecule has 2 aliphatic rings. The van der Waals surface area contributed by atoms with Gasteiger partial charge in [0.05, 0.1) is 11.4 Å². The lowest BCUT2D eigenvalue weighted by Crippen LogP contribution is -2.49. The lowest BCUT2D eigenvalue weighted by Gasteiger charge is -2.36. The van der Waals surface area contributed by atoms with Gasteiger partial charge in [-0.25, -0.2) is 0 Å². The molecule has 1 atom stereocenters. The highest BCUT2D eigenvalue weighted by Gasteiger charge is 2.30. The highest BCUT2D eigenvalue weighted by atomic mass is 32.2. The molecule has 0 aromatic heterocycles. The summed E-state index contributed by atoms with van der Waals surface area (Å²) in [6.45, 7) is 3.07. The SMILES string of the molecule is CC1(O)CCCN(C(=O)CSc2ccc3c(c2)CCC3)C1. The standard InChI is InChI=1S/C17H23NO2S/c1-17(20)8-3-9-18(12-17)16(19)11-21-15-7-6-13-4-2-5-14(13)10-15/h6-7,10,20H,2-5,8-9,11-12H2,1H3. The summed E-state index contributed by atoms with van der Waals surface area (Å²) in [6.07, 6.45) is 5.30. The van der Waals surface area contributed by atoms with Crippen molar-refractivity contribution < 1.29 is 9.90 Å². The van der Waals surface area contributed by atoms with E-state index in [0.717, 1.165) is 19.4 Å². The molecule has 0 spiro atoms. The summed E-state index contributed by atoms with van der Waals surface area (Å²) >= 11 is 1.62. The number of carbonyl (C=O) groups is 1. The molecule has 114 valence electrons. The van der Waals surface area contributed by atoms with E-state index in [-0.39, 0.29) is 5.91 Å². The van der Waals surface area contributed by atoms with Crippen LogP contribution in [0.5, 0.6) is 0 Å². The molecule has 4 heteroatoms. The number of nitrogens with zero attached hydrogens (tertiary/aromatic N) is 1. The first-order chi connectivity index (χ1) is 10.0. The smallest absolute Gasteiger partial charge is 0.233 e. The van der Waals surface area contributed by atoms with Crippen molar-refractivity contribution in [1.29, 1.82) is 0 Å². The first-order valence-electron chi connectivity index (χ1n) is 7.78. The minimum absolute atomic E-state index is 0.139. The summed E-state index contributed by atoms with van der Waals surface area (Å²) in [6, 6.07) is 6.59. The van der Waals surface area contributed by atoms with E-state index in [2.05, 4.69) is 18.2 Å². The zero-order valence-electron chi connectivity index (χ0n) is 12.6. The topological polar surface area (TPSA) is 40.5 Å². The second-order valence-electron chi connectivity index (χ2n) is 6.49. The van der Waals surface area contributed by atoms with Crippen LogP contribution in [0, 0.1) is 0 Å². The second kappa shape index (κ2) is 6.01. The third-order valence-electron chi connectivity index (χ3n) is 4.46. The number of carbonyl (C=O) groups excluding carboxylic acids is 1. The number of hydrogen-bond acceptors (Lipinski definition) is 3. The molecule has 3 nitrogen and oxygen atoms in total. The van der Waals surface area contributed by atoms with Crippen molar-refractivity contribution in [3.8, 4) is 0 Å². The Hall–Kier alpha value is -1.00. The van der Waals surface area contributed by atoms with Gasteiger partial charge in [0.2, 0.25) is 5.91 Å². The number of aryl methyl sites for hydroxylation is 2. The number of amides is 1. The van der Waals surface area contributed by atoms with Gasteiger partial charge in [0, 0.05) is 18.0 Å². The number of benzene rings is 1. The highest BCUT2D eigenvalue weighted by Crippen LogP contribution is 2.28. The van der Waals surface area contributed by atoms with Gasteiger partial charge in [0.1, 0.15) is 0 Å². The van der Waals surface area contributed by atoms with Crippen molar-refractivity contribution in [2.24, 2.45) is 0 Å². The first-order valence-corrected chi connectivity index (χ1v) is 8.77. The summed E-state index contributed by atoms with van der Waals surface area (Å²) in [5, 5.41) is 10.1. The normalized spacial score (nSPS) is 25.0. The summed E-state index contributed by atoms with van der Waals surface area (Å²) in [5.74, 6) is 0.606. The molecular formula is C17H23NO2S. The van der Waals surface area contributed by atoms with Gasteiger partial charge >= 0.3 is 0 Å². The Morgan fingerprint density at radius 1 is 1.33 bits per heavy atom. The van der Waals surface area contributed by atoms with Crippen LogP contribution in [0.2, 0.25) is 0 Å². The zero-order valence-corrected chi connectivity index (χ0v) is 13.4. The molecule has 1 aliphatic heterocycles. The average Bonchev–Trinajstić information content (AvgIpc) is 2.91. The Morgan fingerprint density at radius 3 is 2.95 bits per heavy atom. The molecule has 1 aromatic carbocycles. The van der Waals surface area contributed by atoms with Crippen LogP contribution in [0.25, 0.3) is 0 Å². The third kappa shape index (κ3) is 3.61. The molecule has 1 heterocycles. The number of likely N-dealkylation sites (tertiary alicyclic amines) is 1. The van der Waals surface area contributed by atoms with Crippen LogP contribution >= 0.6 is 11.8 Å². The van der Waals surface area contributed by atoms with Crippen LogP contribution in [-0.4, -0.2) is 40.4 Å². The summed E-state index contributed by atoms with van der Waals surface area (Å²) in [5.41, 5.74) is 2.21. The van der Waals surface area contributed by atoms with Gasteiger partial charge in [-0.2, -0.15) is 0 Å². The molecule has 21 heavy (non-hydrogen) atoms. The Morgan fingerprint density at radius 2 is 2.14 bits per heavy atom. The molecule has 1 saturated heterocycles. The molecule has 0 saturated carbocycles. The maximum atomic E-state index is 12.3. The fourth-order valence-electron chi connectivity index (χ4n) is 3.31. The number of hydrogen-bond donors (Lipinski definition) is 1. The van der Waals surface area contributed by atoms with E-state index in [1.807, 2.05) is 11.8 Å². The number of piperidine rings is 1. The van der Waals surface area contributed by atoms with E-state index in [1.165, 1.54) is 35.3 Å². The maximum Gasteiger partial charge on any atom is 0.233 e. The van der Waals surface area contributed by atoms with Crippen molar-refractivity contribution >= 4 is 17.7 Å². The summed E-state index contributed by atoms with van der Waals surface area (Å²) < 4.78 is 0. The fourth-order valence-corrected chi connectivity index (χ4v) is 4.17. The van der Waals surface area contributed by atoms with Gasteiger partial charge in [-0.15, -0.1) is 11.8 Å². The van der Waals surface area contributed by atoms with Gasteiger partial charge in [-0.05, 0) is 62.3 Å². The van der Waals surface area contributed by atoms with Crippen LogP contribution in [0.15, 0.2) is 23.1 Å². The van der Waals surface area contributed by atoms with Crippen LogP contribution in [0.3, 0.4) is 0 Å². The van der Waals surface area contributed by atoms with Crippen LogP contribution in [-0.2, 0) is 17.6 Å². The second-order valence-corrected chi connectivity index (χ2v) is 7.54. The molecule has 1 aliphatic carbocycles. The van der Waals surface area contributed by atoms with Gasteiger partial charge in [-0.1, -0.05) is 6.07 Å². The van der Waals surface area contributed by atoms with Crippen molar-refractivity contribution in [3.63, 3.8) is 0 Å². The molecular weight excluding hydrogens is 282 g/mol. The van der Waals surface area contributed by atoms with Gasteiger partial charge in [0.25, 0.3) is 0 Å². The average molecular weight is 305 g/mol. The molecule has 0 radical (unpaired) electrons. The predicted octanol–water partition coefficient (Wildman–Crippen LogP) is 2.64. The number of rotatable bonds is 3. The van der Waals surface area contributed by atoms with Crippen molar-refractivity contribution in [2.45, 2.75) is 49.5 Å². The maximum absolute atomic E-state index is 12.3. The van der Waals surface area contributed by atoms with E-state index in [1.54, 1.807) is 11.8 Å². The monoisotopic (exact) mass is 305 g/mol. The predicted molar refractivity (Wildman–Crippen MR) is 85.6 cm³/mol. The quantitative estimate of drug-likeness (QED) is 0.873. The van der Waals surface area contributed by atoms with Crippen molar-refractivity contribution in [1.82, 2.24) is 4.90 Å². The summed E-state index contributed by atoms with van der Waals surface area (Å²) in [7, 11) is 0. The first kappa shape index (κ1) is 14.9. The van der Waals surface area contributed by atoms with Gasteiger partial charge < -0.3 is 10.0 Å². The molecule has 1 unspecified atom stereocenters. The van der Waals surface area contributed by atoms with Crippen molar-refractivity contribution in [2.75, 3.05) is 18.8 Å². The minimum Gasteiger partial charge on any atom is -0.388 e. The molecule has 0 bridgehead atoms. The molecule has 1 amide bonds. The number of thioether (sulfide) groups is 1. The lowest BCUT2D eigenvalue weighted by molar-refractivity contribution is -0.134. The van der Waals surface area contributed by atoms with Gasteiger partial charge in [0.15, 0.2) is 0 Å². The Bertz CT molecular complexity index is 542. The van der Waals surface area contributed by atoms with E-state index in [4.69, 9.17) is 0 Å².